The maximum atomic E-state index is 9.96. The molecule has 1 aliphatic heterocycles. The molecule has 0 radical (unpaired) electrons. The van der Waals surface area contributed by atoms with E-state index in [-0.39, 0.29) is 12.7 Å². The number of benzene rings is 1. The summed E-state index contributed by atoms with van der Waals surface area (Å²) >= 11 is 3.38. The van der Waals surface area contributed by atoms with Crippen LogP contribution in [0.3, 0.4) is 0 Å². The number of hydrogen-bond acceptors (Lipinski definition) is 4. The third kappa shape index (κ3) is 5.10. The summed E-state index contributed by atoms with van der Waals surface area (Å²) in [6.45, 7) is 2.40. The molecule has 106 valence electrons. The van der Waals surface area contributed by atoms with Crippen molar-refractivity contribution in [3.05, 3.63) is 28.7 Å². The third-order valence-electron chi connectivity index (χ3n) is 3.19. The van der Waals surface area contributed by atoms with E-state index in [1.807, 2.05) is 24.3 Å². The summed E-state index contributed by atoms with van der Waals surface area (Å²) in [5, 5.41) is 19.5. The zero-order chi connectivity index (χ0) is 13.7. The van der Waals surface area contributed by atoms with E-state index in [0.29, 0.717) is 13.1 Å². The van der Waals surface area contributed by atoms with Crippen molar-refractivity contribution < 1.29 is 14.9 Å². The van der Waals surface area contributed by atoms with Crippen LogP contribution in [0.5, 0.6) is 5.75 Å². The Hall–Kier alpha value is -0.620. The molecule has 1 aromatic carbocycles. The van der Waals surface area contributed by atoms with Crippen molar-refractivity contribution in [2.45, 2.75) is 25.0 Å². The lowest BCUT2D eigenvalue weighted by atomic mass is 10.1. The normalized spacial score (nSPS) is 22.2. The molecule has 2 atom stereocenters. The molecule has 0 aromatic heterocycles. The Morgan fingerprint density at radius 2 is 2.32 bits per heavy atom. The number of aliphatic hydroxyl groups is 2. The lowest BCUT2D eigenvalue weighted by Crippen LogP contribution is -2.43. The first-order valence-corrected chi connectivity index (χ1v) is 7.39. The maximum Gasteiger partial charge on any atom is 0.120 e. The topological polar surface area (TPSA) is 52.9 Å². The first-order valence-electron chi connectivity index (χ1n) is 6.60. The molecule has 4 nitrogen and oxygen atoms in total. The molecule has 2 rings (SSSR count). The minimum absolute atomic E-state index is 0.257. The van der Waals surface area contributed by atoms with Crippen LogP contribution < -0.4 is 4.74 Å². The molecule has 5 heteroatoms. The molecule has 2 N–H and O–H groups in total. The van der Waals surface area contributed by atoms with Crippen LogP contribution in [0.2, 0.25) is 0 Å². The summed E-state index contributed by atoms with van der Waals surface area (Å²) in [4.78, 5) is 2.09. The summed E-state index contributed by atoms with van der Waals surface area (Å²) in [7, 11) is 0. The van der Waals surface area contributed by atoms with Crippen molar-refractivity contribution in [3.8, 4) is 5.75 Å². The quantitative estimate of drug-likeness (QED) is 0.862. The molecular formula is C14H20BrNO3. The summed E-state index contributed by atoms with van der Waals surface area (Å²) in [5.74, 6) is 0.743. The number of β-amino-alcohol motifs (C(OH)–C–C–N with tert-alkyl or cyclic N) is 2. The molecule has 1 fully saturated rings. The molecular weight excluding hydrogens is 310 g/mol. The molecule has 0 aliphatic carbocycles. The van der Waals surface area contributed by atoms with Crippen molar-refractivity contribution in [1.29, 1.82) is 0 Å². The van der Waals surface area contributed by atoms with Crippen LogP contribution in [-0.2, 0) is 0 Å². The van der Waals surface area contributed by atoms with Gasteiger partial charge < -0.3 is 14.9 Å². The lowest BCUT2D eigenvalue weighted by molar-refractivity contribution is 0.0243. The maximum absolute atomic E-state index is 9.96. The number of hydrogen-bond donors (Lipinski definition) is 2. The summed E-state index contributed by atoms with van der Waals surface area (Å²) in [6.07, 6.45) is 1.05. The fraction of sp³-hybridized carbons (Fsp3) is 0.571. The van der Waals surface area contributed by atoms with Crippen molar-refractivity contribution in [1.82, 2.24) is 4.90 Å². The van der Waals surface area contributed by atoms with Gasteiger partial charge in [-0.25, -0.2) is 0 Å². The number of nitrogens with zero attached hydrogens (tertiary/aromatic N) is 1. The molecule has 0 amide bonds. The zero-order valence-electron chi connectivity index (χ0n) is 10.8. The van der Waals surface area contributed by atoms with E-state index >= 15 is 0 Å². The highest BCUT2D eigenvalue weighted by atomic mass is 79.9. The van der Waals surface area contributed by atoms with Crippen molar-refractivity contribution >= 4 is 15.9 Å². The van der Waals surface area contributed by atoms with Gasteiger partial charge in [0.1, 0.15) is 18.5 Å². The van der Waals surface area contributed by atoms with Gasteiger partial charge in [0.25, 0.3) is 0 Å². The zero-order valence-corrected chi connectivity index (χ0v) is 12.4. The Balaban J connectivity index is 1.73. The predicted molar refractivity (Wildman–Crippen MR) is 77.3 cm³/mol. The van der Waals surface area contributed by atoms with E-state index in [1.54, 1.807) is 0 Å². The summed E-state index contributed by atoms with van der Waals surface area (Å²) in [5.41, 5.74) is 0. The smallest absolute Gasteiger partial charge is 0.120 e. The number of halogens is 1. The monoisotopic (exact) mass is 329 g/mol. The van der Waals surface area contributed by atoms with Gasteiger partial charge in [0, 0.05) is 17.6 Å². The van der Waals surface area contributed by atoms with Gasteiger partial charge in [-0.2, -0.15) is 0 Å². The fourth-order valence-electron chi connectivity index (χ4n) is 2.30. The predicted octanol–water partition coefficient (Wildman–Crippen LogP) is 1.65. The minimum Gasteiger partial charge on any atom is -0.491 e. The third-order valence-corrected chi connectivity index (χ3v) is 3.68. The van der Waals surface area contributed by atoms with Crippen LogP contribution in [0, 0.1) is 0 Å². The number of aliphatic hydroxyl groups excluding tert-OH is 2. The van der Waals surface area contributed by atoms with Crippen LogP contribution in [0.15, 0.2) is 28.7 Å². The van der Waals surface area contributed by atoms with Gasteiger partial charge in [-0.1, -0.05) is 22.0 Å². The highest BCUT2D eigenvalue weighted by Crippen LogP contribution is 2.18. The van der Waals surface area contributed by atoms with Crippen LogP contribution in [0.25, 0.3) is 0 Å². The van der Waals surface area contributed by atoms with E-state index in [2.05, 4.69) is 20.8 Å². The number of piperidine rings is 1. The molecule has 0 unspecified atom stereocenters. The van der Waals surface area contributed by atoms with Gasteiger partial charge in [-0.05, 0) is 37.6 Å². The van der Waals surface area contributed by atoms with Gasteiger partial charge in [0.05, 0.1) is 6.10 Å². The Kier molecular flexibility index (Phi) is 5.63. The van der Waals surface area contributed by atoms with E-state index in [4.69, 9.17) is 4.74 Å². The van der Waals surface area contributed by atoms with E-state index in [1.165, 1.54) is 0 Å². The van der Waals surface area contributed by atoms with Crippen molar-refractivity contribution in [2.24, 2.45) is 0 Å². The molecule has 19 heavy (non-hydrogen) atoms. The first-order chi connectivity index (χ1) is 9.13. The first kappa shape index (κ1) is 14.8. The average molecular weight is 330 g/mol. The van der Waals surface area contributed by atoms with Gasteiger partial charge in [-0.15, -0.1) is 0 Å². The van der Waals surface area contributed by atoms with Gasteiger partial charge in [0.15, 0.2) is 0 Å². The van der Waals surface area contributed by atoms with E-state index in [0.717, 1.165) is 29.6 Å². The lowest BCUT2D eigenvalue weighted by Gasteiger charge is -2.31. The average Bonchev–Trinajstić information content (AvgIpc) is 2.36. The number of ether oxygens (including phenoxy) is 1. The second-order valence-electron chi connectivity index (χ2n) is 4.98. The standard InChI is InChI=1S/C14H20BrNO3/c15-11-3-1-5-14(7-11)19-10-13(18)9-16-6-2-4-12(17)8-16/h1,3,5,7,12-13,17-18H,2,4,6,8-10H2/t12-,13-/m1/s1. The van der Waals surface area contributed by atoms with Gasteiger partial charge in [0.2, 0.25) is 0 Å². The second kappa shape index (κ2) is 7.24. The van der Waals surface area contributed by atoms with Crippen LogP contribution >= 0.6 is 15.9 Å². The SMILES string of the molecule is O[C@@H]1CCCN(C[C@@H](O)COc2cccc(Br)c2)C1. The second-order valence-corrected chi connectivity index (χ2v) is 5.89. The molecule has 0 spiro atoms. The van der Waals surface area contributed by atoms with Crippen molar-refractivity contribution in [2.75, 3.05) is 26.2 Å². The van der Waals surface area contributed by atoms with E-state index in [9.17, 15) is 10.2 Å². The molecule has 0 bridgehead atoms. The highest BCUT2D eigenvalue weighted by Gasteiger charge is 2.20. The number of likely N-dealkylation sites (tertiary alicyclic amines) is 1. The fourth-order valence-corrected chi connectivity index (χ4v) is 2.68. The Morgan fingerprint density at radius 1 is 1.47 bits per heavy atom. The van der Waals surface area contributed by atoms with Crippen LogP contribution in [0.4, 0.5) is 0 Å². The van der Waals surface area contributed by atoms with Crippen molar-refractivity contribution in [3.63, 3.8) is 0 Å². The van der Waals surface area contributed by atoms with Crippen LogP contribution in [0.1, 0.15) is 12.8 Å². The molecule has 1 heterocycles. The number of rotatable bonds is 5. The minimum atomic E-state index is -0.538. The Bertz CT molecular complexity index is 402. The Morgan fingerprint density at radius 3 is 3.05 bits per heavy atom. The molecule has 0 saturated carbocycles. The Labute approximate surface area is 122 Å². The molecule has 1 saturated heterocycles. The van der Waals surface area contributed by atoms with Gasteiger partial charge >= 0.3 is 0 Å². The summed E-state index contributed by atoms with van der Waals surface area (Å²) < 4.78 is 6.50. The van der Waals surface area contributed by atoms with Crippen LogP contribution in [-0.4, -0.2) is 53.6 Å². The van der Waals surface area contributed by atoms with E-state index < -0.39 is 6.10 Å². The molecule has 1 aromatic rings. The largest absolute Gasteiger partial charge is 0.491 e. The highest BCUT2D eigenvalue weighted by molar-refractivity contribution is 9.10. The molecule has 1 aliphatic rings. The van der Waals surface area contributed by atoms with Gasteiger partial charge in [-0.3, -0.25) is 4.90 Å². The summed E-state index contributed by atoms with van der Waals surface area (Å²) in [6, 6.07) is 7.56.